The maximum absolute atomic E-state index is 5.65. The highest BCUT2D eigenvalue weighted by atomic mass is 15.1. The Balaban J connectivity index is 2.09. The van der Waals surface area contributed by atoms with Crippen molar-refractivity contribution in [1.29, 1.82) is 0 Å². The number of benzene rings is 1. The fourth-order valence-corrected chi connectivity index (χ4v) is 2.29. The number of rotatable bonds is 3. The number of hydrogen-bond acceptors (Lipinski definition) is 2. The third-order valence-corrected chi connectivity index (χ3v) is 2.92. The van der Waals surface area contributed by atoms with Crippen LogP contribution in [0.5, 0.6) is 0 Å². The summed E-state index contributed by atoms with van der Waals surface area (Å²) < 4.78 is 0. The van der Waals surface area contributed by atoms with Gasteiger partial charge >= 0.3 is 0 Å². The van der Waals surface area contributed by atoms with Gasteiger partial charge in [0.05, 0.1) is 0 Å². The lowest BCUT2D eigenvalue weighted by atomic mass is 10.1. The summed E-state index contributed by atoms with van der Waals surface area (Å²) >= 11 is 0. The van der Waals surface area contributed by atoms with Gasteiger partial charge in [0.15, 0.2) is 0 Å². The van der Waals surface area contributed by atoms with Crippen molar-refractivity contribution in [1.82, 2.24) is 4.90 Å². The largest absolute Gasteiger partial charge is 0.326 e. The van der Waals surface area contributed by atoms with E-state index >= 15 is 0 Å². The first-order valence-corrected chi connectivity index (χ1v) is 5.72. The lowest BCUT2D eigenvalue weighted by Crippen LogP contribution is -2.21. The molecule has 82 valence electrons. The van der Waals surface area contributed by atoms with Crippen molar-refractivity contribution in [2.75, 3.05) is 6.54 Å². The first-order valence-electron chi connectivity index (χ1n) is 5.72. The van der Waals surface area contributed by atoms with Gasteiger partial charge in [-0.15, -0.1) is 0 Å². The Morgan fingerprint density at radius 3 is 2.67 bits per heavy atom. The molecule has 0 saturated heterocycles. The first kappa shape index (κ1) is 10.7. The van der Waals surface area contributed by atoms with Crippen molar-refractivity contribution in [3.8, 4) is 0 Å². The van der Waals surface area contributed by atoms with Gasteiger partial charge in [-0.1, -0.05) is 32.0 Å². The van der Waals surface area contributed by atoms with Gasteiger partial charge in [0.25, 0.3) is 0 Å². The van der Waals surface area contributed by atoms with Crippen molar-refractivity contribution in [2.24, 2.45) is 11.7 Å². The van der Waals surface area contributed by atoms with Gasteiger partial charge in [0, 0.05) is 26.2 Å². The molecule has 2 nitrogen and oxygen atoms in total. The third-order valence-electron chi connectivity index (χ3n) is 2.92. The smallest absolute Gasteiger partial charge is 0.0240 e. The van der Waals surface area contributed by atoms with Crippen LogP contribution in [0.4, 0.5) is 0 Å². The first-order chi connectivity index (χ1) is 7.19. The van der Waals surface area contributed by atoms with E-state index in [0.29, 0.717) is 6.54 Å². The van der Waals surface area contributed by atoms with Gasteiger partial charge < -0.3 is 5.73 Å². The summed E-state index contributed by atoms with van der Waals surface area (Å²) in [5.41, 5.74) is 9.85. The van der Waals surface area contributed by atoms with Crippen LogP contribution in [0.25, 0.3) is 0 Å². The van der Waals surface area contributed by atoms with Gasteiger partial charge in [0.1, 0.15) is 0 Å². The zero-order valence-electron chi connectivity index (χ0n) is 9.66. The Morgan fingerprint density at radius 1 is 1.27 bits per heavy atom. The van der Waals surface area contributed by atoms with Gasteiger partial charge in [-0.05, 0) is 22.6 Å². The number of fused-ring (bicyclic) bond motifs is 1. The summed E-state index contributed by atoms with van der Waals surface area (Å²) in [6.07, 6.45) is 0. The Bertz CT molecular complexity index is 344. The zero-order valence-corrected chi connectivity index (χ0v) is 9.66. The highest BCUT2D eigenvalue weighted by Crippen LogP contribution is 2.24. The van der Waals surface area contributed by atoms with Gasteiger partial charge in [0.2, 0.25) is 0 Å². The molecular weight excluding hydrogens is 184 g/mol. The van der Waals surface area contributed by atoms with Crippen LogP contribution >= 0.6 is 0 Å². The molecule has 0 aromatic heterocycles. The molecule has 1 aromatic rings. The second kappa shape index (κ2) is 4.33. The Morgan fingerprint density at radius 2 is 2.00 bits per heavy atom. The second-order valence-electron chi connectivity index (χ2n) is 4.87. The average molecular weight is 204 g/mol. The molecule has 0 atom stereocenters. The normalized spacial score (nSPS) is 16.0. The molecule has 2 N–H and O–H groups in total. The van der Waals surface area contributed by atoms with E-state index in [9.17, 15) is 0 Å². The summed E-state index contributed by atoms with van der Waals surface area (Å²) in [4.78, 5) is 2.51. The monoisotopic (exact) mass is 204 g/mol. The maximum atomic E-state index is 5.65. The van der Waals surface area contributed by atoms with Crippen LogP contribution in [-0.4, -0.2) is 11.4 Å². The molecular formula is C13H20N2. The Kier molecular flexibility index (Phi) is 3.08. The minimum absolute atomic E-state index is 0.650. The predicted molar refractivity (Wildman–Crippen MR) is 63.3 cm³/mol. The molecule has 0 radical (unpaired) electrons. The topological polar surface area (TPSA) is 29.3 Å². The highest BCUT2D eigenvalue weighted by Gasteiger charge is 2.19. The van der Waals surface area contributed by atoms with Gasteiger partial charge in [-0.25, -0.2) is 0 Å². The summed E-state index contributed by atoms with van der Waals surface area (Å²) in [5.74, 6) is 0.744. The van der Waals surface area contributed by atoms with E-state index in [1.54, 1.807) is 0 Å². The third kappa shape index (κ3) is 2.39. The lowest BCUT2D eigenvalue weighted by molar-refractivity contribution is 0.251. The molecule has 15 heavy (non-hydrogen) atoms. The molecule has 0 unspecified atom stereocenters. The van der Waals surface area contributed by atoms with Crippen LogP contribution in [-0.2, 0) is 19.6 Å². The van der Waals surface area contributed by atoms with Crippen LogP contribution in [0.15, 0.2) is 18.2 Å². The highest BCUT2D eigenvalue weighted by molar-refractivity contribution is 5.34. The van der Waals surface area contributed by atoms with Crippen molar-refractivity contribution in [3.05, 3.63) is 34.9 Å². The molecule has 1 heterocycles. The lowest BCUT2D eigenvalue weighted by Gasteiger charge is -2.16. The minimum atomic E-state index is 0.650. The Hall–Kier alpha value is -0.860. The van der Waals surface area contributed by atoms with Crippen LogP contribution < -0.4 is 5.73 Å². The number of nitrogens with two attached hydrogens (primary N) is 1. The molecule has 0 bridgehead atoms. The van der Waals surface area contributed by atoms with E-state index in [1.807, 2.05) is 0 Å². The van der Waals surface area contributed by atoms with Crippen LogP contribution in [0.3, 0.4) is 0 Å². The predicted octanol–water partition coefficient (Wildman–Crippen LogP) is 2.12. The van der Waals surface area contributed by atoms with E-state index in [1.165, 1.54) is 23.2 Å². The molecule has 1 aromatic carbocycles. The molecule has 2 rings (SSSR count). The molecule has 0 fully saturated rings. The fraction of sp³-hybridized carbons (Fsp3) is 0.538. The molecule has 0 amide bonds. The quantitative estimate of drug-likeness (QED) is 0.817. The number of nitrogens with zero attached hydrogens (tertiary/aromatic N) is 1. The van der Waals surface area contributed by atoms with E-state index in [0.717, 1.165) is 19.0 Å². The molecule has 1 aliphatic heterocycles. The fourth-order valence-electron chi connectivity index (χ4n) is 2.29. The van der Waals surface area contributed by atoms with Crippen molar-refractivity contribution in [2.45, 2.75) is 33.5 Å². The van der Waals surface area contributed by atoms with Crippen molar-refractivity contribution >= 4 is 0 Å². The minimum Gasteiger partial charge on any atom is -0.326 e. The van der Waals surface area contributed by atoms with Crippen LogP contribution in [0.1, 0.15) is 30.5 Å². The van der Waals surface area contributed by atoms with Gasteiger partial charge in [-0.2, -0.15) is 0 Å². The number of hydrogen-bond donors (Lipinski definition) is 1. The SMILES string of the molecule is CC(C)CN1Cc2ccc(CN)cc2C1. The average Bonchev–Trinajstić information content (AvgIpc) is 2.57. The van der Waals surface area contributed by atoms with Gasteiger partial charge in [-0.3, -0.25) is 4.90 Å². The van der Waals surface area contributed by atoms with Crippen molar-refractivity contribution < 1.29 is 0 Å². The molecule has 1 aliphatic rings. The summed E-state index contributed by atoms with van der Waals surface area (Å²) in [7, 11) is 0. The zero-order chi connectivity index (χ0) is 10.8. The van der Waals surface area contributed by atoms with Crippen molar-refractivity contribution in [3.63, 3.8) is 0 Å². The summed E-state index contributed by atoms with van der Waals surface area (Å²) in [6, 6.07) is 6.64. The summed E-state index contributed by atoms with van der Waals surface area (Å²) in [5, 5.41) is 0. The summed E-state index contributed by atoms with van der Waals surface area (Å²) in [6.45, 7) is 8.59. The van der Waals surface area contributed by atoms with Crippen LogP contribution in [0.2, 0.25) is 0 Å². The maximum Gasteiger partial charge on any atom is 0.0240 e. The molecule has 0 aliphatic carbocycles. The second-order valence-corrected chi connectivity index (χ2v) is 4.87. The van der Waals surface area contributed by atoms with E-state index in [-0.39, 0.29) is 0 Å². The standard InChI is InChI=1S/C13H20N2/c1-10(2)7-15-8-12-4-3-11(6-14)5-13(12)9-15/h3-5,10H,6-9,14H2,1-2H3. The molecule has 2 heteroatoms. The van der Waals surface area contributed by atoms with E-state index < -0.39 is 0 Å². The molecule has 0 spiro atoms. The molecule has 0 saturated carbocycles. The van der Waals surface area contributed by atoms with E-state index in [4.69, 9.17) is 5.73 Å². The van der Waals surface area contributed by atoms with Crippen LogP contribution in [0, 0.1) is 5.92 Å². The Labute approximate surface area is 92.1 Å². The van der Waals surface area contributed by atoms with E-state index in [2.05, 4.69) is 36.9 Å².